The first kappa shape index (κ1) is 71.3. The van der Waals surface area contributed by atoms with Gasteiger partial charge in [-0.3, -0.25) is 19.3 Å². The third-order valence-electron chi connectivity index (χ3n) is 11.8. The number of nitrogens with one attached hydrogen (secondary N) is 2. The number of hydrogen-bond acceptors (Lipinski definition) is 21. The molecule has 1 aromatic carbocycles. The predicted molar refractivity (Wildman–Crippen MR) is 294 cm³/mol. The SMILES string of the molecule is CCN(CC)C(=O)Oc1ccc(C(CCCCCSC2CC(=O)N(CCC(=O)NCCCOCC(COCCOCC(COCCOC)OCCOC)OCCOCC(COCCOC)OCCOC)C2=O)OC(=O)NC)cc1. The van der Waals surface area contributed by atoms with Crippen molar-refractivity contribution < 1.29 is 95.0 Å². The number of carbonyl (C=O) groups excluding carboxylic acids is 5. The molecule has 5 amide bonds. The van der Waals surface area contributed by atoms with Gasteiger partial charge in [0.2, 0.25) is 17.7 Å². The van der Waals surface area contributed by atoms with Crippen LogP contribution in [0.1, 0.15) is 70.5 Å². The molecular formula is C54H94N4O20S. The number of thioether (sulfide) groups is 1. The van der Waals surface area contributed by atoms with Crippen LogP contribution in [-0.2, 0) is 80.7 Å². The summed E-state index contributed by atoms with van der Waals surface area (Å²) in [6.45, 7) is 12.0. The largest absolute Gasteiger partial charge is 0.441 e. The van der Waals surface area contributed by atoms with E-state index in [1.165, 1.54) is 23.7 Å². The molecule has 1 fully saturated rings. The zero-order valence-electron chi connectivity index (χ0n) is 48.1. The molecule has 0 radical (unpaired) electrons. The Kier molecular flexibility index (Phi) is 43.1. The molecule has 1 heterocycles. The average Bonchev–Trinajstić information content (AvgIpc) is 3.78. The number of ether oxygens (including phenoxy) is 15. The monoisotopic (exact) mass is 1150 g/mol. The fourth-order valence-corrected chi connectivity index (χ4v) is 8.61. The van der Waals surface area contributed by atoms with Crippen molar-refractivity contribution in [2.75, 3.05) is 193 Å². The Balaban J connectivity index is 1.76. The van der Waals surface area contributed by atoms with Crippen LogP contribution in [0.15, 0.2) is 24.3 Å². The number of nitrogens with zero attached hydrogens (tertiary/aromatic N) is 2. The van der Waals surface area contributed by atoms with Gasteiger partial charge in [0.1, 0.15) is 30.2 Å². The first-order valence-corrected chi connectivity index (χ1v) is 28.5. The number of amides is 5. The molecule has 25 heteroatoms. The van der Waals surface area contributed by atoms with Gasteiger partial charge in [0.15, 0.2) is 0 Å². The average molecular weight is 1150 g/mol. The van der Waals surface area contributed by atoms with E-state index in [1.54, 1.807) is 57.6 Å². The van der Waals surface area contributed by atoms with Crippen LogP contribution < -0.4 is 15.4 Å². The standard InChI is InChI=1S/C54H94N4O20S/c1-8-57(9-2)54(63)77-44-17-15-43(16-18-44)48(78-53(62)55-3)14-11-10-12-35-79-49-36-51(60)58(52(49)61)21-19-50(59)56-20-13-22-68-37-45(76-34-31-73-42-47(75-33-26-67-7)39-70-28-24-65-5)40-71-29-30-72-41-46(74-32-25-66-6)38-69-27-23-64-4/h15-18,45-49H,8-14,19-42H2,1-7H3,(H,55,62)(H,56,59). The second-order valence-corrected chi connectivity index (χ2v) is 19.2. The summed E-state index contributed by atoms with van der Waals surface area (Å²) >= 11 is 1.44. The van der Waals surface area contributed by atoms with Gasteiger partial charge < -0.3 is 86.6 Å². The fourth-order valence-electron chi connectivity index (χ4n) is 7.43. The topological polar surface area (TPSA) is 254 Å². The minimum atomic E-state index is -0.554. The third kappa shape index (κ3) is 34.3. The highest BCUT2D eigenvalue weighted by atomic mass is 32.2. The minimum absolute atomic E-state index is 0.00655. The van der Waals surface area contributed by atoms with Gasteiger partial charge in [-0.25, -0.2) is 9.59 Å². The van der Waals surface area contributed by atoms with Crippen LogP contribution >= 0.6 is 11.8 Å². The van der Waals surface area contributed by atoms with E-state index in [9.17, 15) is 24.0 Å². The lowest BCUT2D eigenvalue weighted by atomic mass is 10.0. The molecule has 0 aromatic heterocycles. The highest BCUT2D eigenvalue weighted by Gasteiger charge is 2.38. The highest BCUT2D eigenvalue weighted by molar-refractivity contribution is 8.00. The first-order chi connectivity index (χ1) is 38.5. The van der Waals surface area contributed by atoms with Crippen molar-refractivity contribution in [2.24, 2.45) is 0 Å². The van der Waals surface area contributed by atoms with Gasteiger partial charge in [0, 0.05) is 81.1 Å². The lowest BCUT2D eigenvalue weighted by Crippen LogP contribution is -2.36. The normalized spacial score (nSPS) is 15.0. The Morgan fingerprint density at radius 2 is 1.11 bits per heavy atom. The van der Waals surface area contributed by atoms with Crippen LogP contribution in [-0.4, -0.2) is 256 Å². The number of hydrogen-bond donors (Lipinski definition) is 2. The summed E-state index contributed by atoms with van der Waals surface area (Å²) in [5, 5.41) is 4.85. The fraction of sp³-hybridized carbons (Fsp3) is 0.796. The molecule has 5 atom stereocenters. The molecule has 5 unspecified atom stereocenters. The smallest absolute Gasteiger partial charge is 0.415 e. The quantitative estimate of drug-likeness (QED) is 0.0688. The van der Waals surface area contributed by atoms with Crippen molar-refractivity contribution in [3.05, 3.63) is 29.8 Å². The van der Waals surface area contributed by atoms with Gasteiger partial charge in [0.05, 0.1) is 124 Å². The summed E-state index contributed by atoms with van der Waals surface area (Å²) < 4.78 is 84.0. The summed E-state index contributed by atoms with van der Waals surface area (Å²) in [5.74, 6) is 0.210. The molecule has 0 spiro atoms. The lowest BCUT2D eigenvalue weighted by molar-refractivity contribution is -0.138. The van der Waals surface area contributed by atoms with Gasteiger partial charge in [-0.1, -0.05) is 18.6 Å². The molecule has 2 N–H and O–H groups in total. The number of alkyl carbamates (subject to hydrolysis) is 1. The van der Waals surface area contributed by atoms with E-state index in [-0.39, 0.29) is 69.1 Å². The minimum Gasteiger partial charge on any atom is -0.441 e. The van der Waals surface area contributed by atoms with Gasteiger partial charge in [-0.2, -0.15) is 0 Å². The van der Waals surface area contributed by atoms with E-state index in [4.69, 9.17) is 71.1 Å². The summed E-state index contributed by atoms with van der Waals surface area (Å²) in [4.78, 5) is 66.1. The molecule has 0 saturated carbocycles. The highest BCUT2D eigenvalue weighted by Crippen LogP contribution is 2.29. The van der Waals surface area contributed by atoms with E-state index < -0.39 is 29.6 Å². The molecule has 0 bridgehead atoms. The van der Waals surface area contributed by atoms with E-state index in [0.29, 0.717) is 150 Å². The van der Waals surface area contributed by atoms with Crippen LogP contribution in [0.2, 0.25) is 0 Å². The Morgan fingerprint density at radius 3 is 1.62 bits per heavy atom. The van der Waals surface area contributed by atoms with Crippen LogP contribution in [0, 0.1) is 0 Å². The van der Waals surface area contributed by atoms with E-state index in [0.717, 1.165) is 24.8 Å². The van der Waals surface area contributed by atoms with Gasteiger partial charge in [-0.05, 0) is 63.0 Å². The van der Waals surface area contributed by atoms with Crippen LogP contribution in [0.25, 0.3) is 0 Å². The van der Waals surface area contributed by atoms with Crippen molar-refractivity contribution >= 4 is 41.7 Å². The van der Waals surface area contributed by atoms with Crippen molar-refractivity contribution in [1.82, 2.24) is 20.4 Å². The molecule has 1 aliphatic heterocycles. The van der Waals surface area contributed by atoms with E-state index >= 15 is 0 Å². The maximum atomic E-state index is 13.2. The second-order valence-electron chi connectivity index (χ2n) is 17.9. The Hall–Kier alpha value is -3.80. The van der Waals surface area contributed by atoms with Crippen molar-refractivity contribution in [3.63, 3.8) is 0 Å². The number of rotatable bonds is 52. The van der Waals surface area contributed by atoms with Crippen LogP contribution in [0.3, 0.4) is 0 Å². The Bertz CT molecular complexity index is 1720. The molecule has 456 valence electrons. The third-order valence-corrected chi connectivity index (χ3v) is 13.1. The molecule has 24 nitrogen and oxygen atoms in total. The maximum Gasteiger partial charge on any atom is 0.415 e. The van der Waals surface area contributed by atoms with Gasteiger partial charge in [0.25, 0.3) is 0 Å². The second kappa shape index (κ2) is 47.8. The molecular weight excluding hydrogens is 1060 g/mol. The number of imide groups is 1. The molecule has 0 aliphatic carbocycles. The molecule has 79 heavy (non-hydrogen) atoms. The Morgan fingerprint density at radius 1 is 0.633 bits per heavy atom. The lowest BCUT2D eigenvalue weighted by Gasteiger charge is -2.21. The number of benzene rings is 1. The number of carbonyl (C=O) groups is 5. The van der Waals surface area contributed by atoms with Crippen LogP contribution in [0.5, 0.6) is 5.75 Å². The van der Waals surface area contributed by atoms with Crippen LogP contribution in [0.4, 0.5) is 9.59 Å². The first-order valence-electron chi connectivity index (χ1n) is 27.5. The van der Waals surface area contributed by atoms with E-state index in [2.05, 4.69) is 10.6 Å². The molecule has 2 rings (SSSR count). The van der Waals surface area contributed by atoms with Crippen molar-refractivity contribution in [1.29, 1.82) is 0 Å². The van der Waals surface area contributed by atoms with Crippen molar-refractivity contribution in [2.45, 2.75) is 88.5 Å². The number of methoxy groups -OCH3 is 4. The zero-order valence-corrected chi connectivity index (χ0v) is 48.9. The molecule has 1 aromatic rings. The van der Waals surface area contributed by atoms with E-state index in [1.807, 2.05) is 13.8 Å². The summed E-state index contributed by atoms with van der Waals surface area (Å²) in [5.41, 5.74) is 0.768. The zero-order chi connectivity index (χ0) is 57.6. The van der Waals surface area contributed by atoms with Gasteiger partial charge in [-0.15, -0.1) is 11.8 Å². The molecule has 1 saturated heterocycles. The maximum absolute atomic E-state index is 13.2. The Labute approximate surface area is 472 Å². The summed E-state index contributed by atoms with van der Waals surface area (Å²) in [6, 6.07) is 6.92. The van der Waals surface area contributed by atoms with Crippen molar-refractivity contribution in [3.8, 4) is 5.75 Å². The summed E-state index contributed by atoms with van der Waals surface area (Å²) in [6.07, 6.45) is 0.990. The van der Waals surface area contributed by atoms with Gasteiger partial charge >= 0.3 is 12.2 Å². The number of likely N-dealkylation sites (tertiary alicyclic amines) is 1. The number of unbranched alkanes of at least 4 members (excludes halogenated alkanes) is 2. The summed E-state index contributed by atoms with van der Waals surface area (Å²) in [7, 11) is 7.94. The molecule has 1 aliphatic rings. The predicted octanol–water partition coefficient (Wildman–Crippen LogP) is 4.08.